The fourth-order valence-corrected chi connectivity index (χ4v) is 4.21. The van der Waals surface area contributed by atoms with Gasteiger partial charge in [-0.2, -0.15) is 5.10 Å². The number of urea groups is 1. The molecule has 10 heteroatoms. The lowest BCUT2D eigenvalue weighted by molar-refractivity contribution is 0.262. The molecule has 0 saturated carbocycles. The normalized spacial score (nSPS) is 11.4. The third-order valence-corrected chi connectivity index (χ3v) is 6.21. The fourth-order valence-electron chi connectivity index (χ4n) is 4.21. The molecular weight excluding hydrogens is 497 g/mol. The number of carbonyl (C=O) groups is 1. The molecule has 9 nitrogen and oxygen atoms in total. The lowest BCUT2D eigenvalue weighted by atomic mass is 10.0. The van der Waals surface area contributed by atoms with E-state index in [2.05, 4.69) is 26.0 Å². The first-order valence-corrected chi connectivity index (χ1v) is 12.4. The van der Waals surface area contributed by atoms with Gasteiger partial charge in [-0.15, -0.1) is 0 Å². The lowest BCUT2D eigenvalue weighted by Crippen LogP contribution is -2.23. The molecule has 3 aromatic heterocycles. The minimum atomic E-state index is -0.636. The Kier molecular flexibility index (Phi) is 6.61. The maximum atomic E-state index is 14.8. The van der Waals surface area contributed by atoms with Gasteiger partial charge in [0, 0.05) is 42.1 Å². The Morgan fingerprint density at radius 1 is 0.974 bits per heavy atom. The Hall–Kier alpha value is -4.99. The Labute approximate surface area is 224 Å². The molecule has 3 N–H and O–H groups in total. The topological polar surface area (TPSA) is 106 Å². The second-order valence-corrected chi connectivity index (χ2v) is 10.0. The minimum Gasteiger partial charge on any atom is -0.373 e. The van der Waals surface area contributed by atoms with Gasteiger partial charge in [-0.3, -0.25) is 14.0 Å². The van der Waals surface area contributed by atoms with Gasteiger partial charge in [0.1, 0.15) is 11.6 Å². The number of benzene rings is 2. The van der Waals surface area contributed by atoms with Gasteiger partial charge in [-0.1, -0.05) is 24.3 Å². The monoisotopic (exact) mass is 525 g/mol. The van der Waals surface area contributed by atoms with Crippen LogP contribution in [0, 0.1) is 5.82 Å². The first-order chi connectivity index (χ1) is 18.6. The largest absolute Gasteiger partial charge is 0.373 e. The van der Waals surface area contributed by atoms with Crippen molar-refractivity contribution < 1.29 is 9.18 Å². The van der Waals surface area contributed by atoms with Crippen molar-refractivity contribution in [1.82, 2.24) is 19.3 Å². The third-order valence-electron chi connectivity index (χ3n) is 6.21. The Morgan fingerprint density at radius 2 is 1.74 bits per heavy atom. The fraction of sp³-hybridized carbons (Fsp3) is 0.172. The zero-order chi connectivity index (χ0) is 27.7. The number of para-hydroxylation sites is 1. The molecule has 198 valence electrons. The molecule has 0 fully saturated rings. The van der Waals surface area contributed by atoms with E-state index in [1.54, 1.807) is 40.8 Å². The van der Waals surface area contributed by atoms with Crippen molar-refractivity contribution in [2.75, 3.05) is 23.0 Å². The molecule has 0 bridgehead atoms. The zero-order valence-corrected chi connectivity index (χ0v) is 22.0. The van der Waals surface area contributed by atoms with E-state index in [1.807, 2.05) is 51.1 Å². The first kappa shape index (κ1) is 25.7. The van der Waals surface area contributed by atoms with Gasteiger partial charge in [-0.25, -0.2) is 14.2 Å². The summed E-state index contributed by atoms with van der Waals surface area (Å²) in [5, 5.41) is 13.2. The molecule has 0 radical (unpaired) electrons. The summed E-state index contributed by atoms with van der Waals surface area (Å²) in [5.41, 5.74) is 1.98. The van der Waals surface area contributed by atoms with Crippen molar-refractivity contribution in [1.29, 1.82) is 0 Å². The SMILES string of the molecule is CNc1cc2c(cn1)cc(-c1ccc(F)c(NC(=O)Nc3cnn(C(C)(C)C)c3)c1)c(=O)n2-c1ccccc1. The van der Waals surface area contributed by atoms with Crippen molar-refractivity contribution in [3.8, 4) is 16.8 Å². The van der Waals surface area contributed by atoms with Crippen molar-refractivity contribution in [3.63, 3.8) is 0 Å². The molecule has 0 aliphatic heterocycles. The van der Waals surface area contributed by atoms with E-state index in [1.165, 1.54) is 24.4 Å². The smallest absolute Gasteiger partial charge is 0.323 e. The van der Waals surface area contributed by atoms with Crippen LogP contribution in [0.4, 0.5) is 26.4 Å². The highest BCUT2D eigenvalue weighted by molar-refractivity contribution is 6.00. The van der Waals surface area contributed by atoms with Gasteiger partial charge < -0.3 is 16.0 Å². The number of nitrogens with one attached hydrogen (secondary N) is 3. The molecule has 0 atom stereocenters. The van der Waals surface area contributed by atoms with Gasteiger partial charge in [0.2, 0.25) is 0 Å². The number of halogens is 1. The van der Waals surface area contributed by atoms with Gasteiger partial charge in [0.15, 0.2) is 0 Å². The summed E-state index contributed by atoms with van der Waals surface area (Å²) in [7, 11) is 1.76. The lowest BCUT2D eigenvalue weighted by Gasteiger charge is -2.18. The molecule has 2 amide bonds. The summed E-state index contributed by atoms with van der Waals surface area (Å²) in [6.45, 7) is 5.96. The van der Waals surface area contributed by atoms with Crippen molar-refractivity contribution >= 4 is 34.1 Å². The molecule has 39 heavy (non-hydrogen) atoms. The quantitative estimate of drug-likeness (QED) is 0.268. The van der Waals surface area contributed by atoms with Crippen molar-refractivity contribution in [2.24, 2.45) is 0 Å². The number of hydrogen-bond acceptors (Lipinski definition) is 5. The summed E-state index contributed by atoms with van der Waals surface area (Å²) in [4.78, 5) is 30.9. The predicted molar refractivity (Wildman–Crippen MR) is 152 cm³/mol. The highest BCUT2D eigenvalue weighted by Crippen LogP contribution is 2.28. The summed E-state index contributed by atoms with van der Waals surface area (Å²) < 4.78 is 18.1. The number of pyridine rings is 2. The van der Waals surface area contributed by atoms with Gasteiger partial charge in [0.05, 0.1) is 28.6 Å². The second kappa shape index (κ2) is 10.1. The number of amides is 2. The first-order valence-electron chi connectivity index (χ1n) is 12.4. The van der Waals surface area contributed by atoms with Crippen LogP contribution in [0.25, 0.3) is 27.7 Å². The van der Waals surface area contributed by atoms with Gasteiger partial charge in [-0.05, 0) is 56.7 Å². The third kappa shape index (κ3) is 5.22. The standard InChI is InChI=1S/C29H28FN7O2/c1-29(2,3)36-17-20(16-33-36)34-28(39)35-24-13-18(10-11-23(24)30)22-12-19-15-32-26(31-4)14-25(19)37(27(22)38)21-8-6-5-7-9-21/h5-17H,1-4H3,(H,31,32)(H2,34,35,39). The number of nitrogens with zero attached hydrogens (tertiary/aromatic N) is 4. The van der Waals surface area contributed by atoms with E-state index in [0.717, 1.165) is 5.39 Å². The molecule has 0 spiro atoms. The van der Waals surface area contributed by atoms with Crippen LogP contribution in [0.1, 0.15) is 20.8 Å². The van der Waals surface area contributed by atoms with Crippen LogP contribution < -0.4 is 21.5 Å². The summed E-state index contributed by atoms with van der Waals surface area (Å²) >= 11 is 0. The molecule has 5 aromatic rings. The van der Waals surface area contributed by atoms with Gasteiger partial charge in [0.25, 0.3) is 5.56 Å². The molecule has 0 aliphatic carbocycles. The second-order valence-electron chi connectivity index (χ2n) is 10.0. The maximum Gasteiger partial charge on any atom is 0.323 e. The Bertz CT molecular complexity index is 1740. The van der Waals surface area contributed by atoms with Crippen LogP contribution in [-0.4, -0.2) is 32.4 Å². The van der Waals surface area contributed by atoms with Crippen LogP contribution in [0.2, 0.25) is 0 Å². The molecule has 0 unspecified atom stereocenters. The van der Waals surface area contributed by atoms with Gasteiger partial charge >= 0.3 is 6.03 Å². The summed E-state index contributed by atoms with van der Waals surface area (Å²) in [6.07, 6.45) is 4.89. The van der Waals surface area contributed by atoms with Crippen LogP contribution in [0.15, 0.2) is 84.0 Å². The van der Waals surface area contributed by atoms with Crippen LogP contribution in [0.5, 0.6) is 0 Å². The van der Waals surface area contributed by atoms with Crippen molar-refractivity contribution in [3.05, 3.63) is 95.4 Å². The zero-order valence-electron chi connectivity index (χ0n) is 22.0. The van der Waals surface area contributed by atoms with E-state index in [-0.39, 0.29) is 16.8 Å². The average Bonchev–Trinajstić information content (AvgIpc) is 3.39. The van der Waals surface area contributed by atoms with E-state index in [4.69, 9.17) is 0 Å². The number of rotatable bonds is 5. The molecule has 3 heterocycles. The Morgan fingerprint density at radius 3 is 2.44 bits per heavy atom. The molecule has 2 aromatic carbocycles. The maximum absolute atomic E-state index is 14.8. The Balaban J connectivity index is 1.53. The highest BCUT2D eigenvalue weighted by atomic mass is 19.1. The van der Waals surface area contributed by atoms with Crippen LogP contribution in [-0.2, 0) is 5.54 Å². The highest BCUT2D eigenvalue weighted by Gasteiger charge is 2.17. The average molecular weight is 526 g/mol. The number of hydrogen-bond donors (Lipinski definition) is 3. The minimum absolute atomic E-state index is 0.0670. The molecular formula is C29H28FN7O2. The number of anilines is 3. The number of aromatic nitrogens is 4. The molecule has 0 aliphatic rings. The summed E-state index contributed by atoms with van der Waals surface area (Å²) in [6, 6.07) is 16.3. The predicted octanol–water partition coefficient (Wildman–Crippen LogP) is 5.83. The van der Waals surface area contributed by atoms with Crippen LogP contribution >= 0.6 is 0 Å². The number of fused-ring (bicyclic) bond motifs is 1. The van der Waals surface area contributed by atoms with E-state index in [0.29, 0.717) is 33.8 Å². The molecule has 5 rings (SSSR count). The summed E-state index contributed by atoms with van der Waals surface area (Å²) in [5.74, 6) is -0.0181. The van der Waals surface area contributed by atoms with Crippen LogP contribution in [0.3, 0.4) is 0 Å². The molecule has 0 saturated heterocycles. The van der Waals surface area contributed by atoms with E-state index in [9.17, 15) is 14.0 Å². The van der Waals surface area contributed by atoms with E-state index < -0.39 is 11.8 Å². The van der Waals surface area contributed by atoms with E-state index >= 15 is 0 Å². The number of carbonyl (C=O) groups excluding carboxylic acids is 1. The van der Waals surface area contributed by atoms with Crippen molar-refractivity contribution in [2.45, 2.75) is 26.3 Å².